The van der Waals surface area contributed by atoms with Crippen LogP contribution in [0.5, 0.6) is 5.75 Å². The number of allylic oxidation sites excluding steroid dienone is 4. The Morgan fingerprint density at radius 2 is 1.49 bits per heavy atom. The zero-order chi connectivity index (χ0) is 27.2. The number of benzene rings is 5. The number of imidazole rings is 1. The molecule has 0 saturated carbocycles. The molecule has 1 aromatic heterocycles. The van der Waals surface area contributed by atoms with Gasteiger partial charge in [0.1, 0.15) is 12.4 Å². The van der Waals surface area contributed by atoms with Gasteiger partial charge in [0.2, 0.25) is 0 Å². The molecule has 2 aliphatic rings. The molecule has 41 heavy (non-hydrogen) atoms. The van der Waals surface area contributed by atoms with Gasteiger partial charge in [0, 0.05) is 5.92 Å². The Bertz CT molecular complexity index is 1980. The predicted molar refractivity (Wildman–Crippen MR) is 167 cm³/mol. The Labute approximate surface area is 239 Å². The van der Waals surface area contributed by atoms with Gasteiger partial charge in [-0.2, -0.15) is 0 Å². The number of aromatic nitrogens is 2. The number of hydrogen-bond acceptors (Lipinski definition) is 2. The maximum absolute atomic E-state index is 6.12. The predicted octanol–water partition coefficient (Wildman–Crippen LogP) is 9.52. The lowest BCUT2D eigenvalue weighted by Crippen LogP contribution is -2.13. The SMILES string of the molecule is C1=CCC(c2cccc(-c3ccccc3)c2-c2cccc(-c3ccc4c(c3)-n3c(nc5ccccc53)CO4)c2)C=C1. The topological polar surface area (TPSA) is 27.1 Å². The zero-order valence-electron chi connectivity index (χ0n) is 22.6. The molecule has 0 bridgehead atoms. The molecule has 1 atom stereocenters. The van der Waals surface area contributed by atoms with Crippen LogP contribution in [0.25, 0.3) is 50.1 Å². The molecule has 1 unspecified atom stereocenters. The Balaban J connectivity index is 1.28. The van der Waals surface area contributed by atoms with Crippen LogP contribution in [0, 0.1) is 0 Å². The van der Waals surface area contributed by atoms with Crippen molar-refractivity contribution in [3.05, 3.63) is 151 Å². The van der Waals surface area contributed by atoms with Crippen LogP contribution in [0.2, 0.25) is 0 Å². The van der Waals surface area contributed by atoms with Crippen molar-refractivity contribution in [1.29, 1.82) is 0 Å². The van der Waals surface area contributed by atoms with Crippen molar-refractivity contribution in [1.82, 2.24) is 9.55 Å². The quantitative estimate of drug-likeness (QED) is 0.228. The fraction of sp³-hybridized carbons (Fsp3) is 0.0789. The fourth-order valence-electron chi connectivity index (χ4n) is 6.30. The average Bonchev–Trinajstić information content (AvgIpc) is 3.44. The van der Waals surface area contributed by atoms with E-state index < -0.39 is 0 Å². The van der Waals surface area contributed by atoms with Crippen LogP contribution in [0.1, 0.15) is 23.7 Å². The van der Waals surface area contributed by atoms with E-state index in [0.717, 1.165) is 40.3 Å². The number of nitrogens with zero attached hydrogens (tertiary/aromatic N) is 2. The Hall–Kier alpha value is -5.15. The van der Waals surface area contributed by atoms with E-state index in [2.05, 4.69) is 138 Å². The Morgan fingerprint density at radius 3 is 2.39 bits per heavy atom. The number of para-hydroxylation sites is 2. The lowest BCUT2D eigenvalue weighted by Gasteiger charge is -2.22. The summed E-state index contributed by atoms with van der Waals surface area (Å²) in [7, 11) is 0. The third-order valence-corrected chi connectivity index (χ3v) is 8.23. The highest BCUT2D eigenvalue weighted by molar-refractivity contribution is 5.88. The summed E-state index contributed by atoms with van der Waals surface area (Å²) in [5.41, 5.74) is 11.8. The molecule has 0 fully saturated rings. The minimum Gasteiger partial charge on any atom is -0.483 e. The van der Waals surface area contributed by atoms with Gasteiger partial charge in [0.15, 0.2) is 5.82 Å². The molecule has 8 rings (SSSR count). The van der Waals surface area contributed by atoms with E-state index in [9.17, 15) is 0 Å². The van der Waals surface area contributed by atoms with Gasteiger partial charge in [-0.3, -0.25) is 4.57 Å². The van der Waals surface area contributed by atoms with Crippen molar-refractivity contribution in [3.8, 4) is 44.8 Å². The monoisotopic (exact) mass is 528 g/mol. The van der Waals surface area contributed by atoms with E-state index >= 15 is 0 Å². The van der Waals surface area contributed by atoms with Gasteiger partial charge in [0.05, 0.1) is 16.7 Å². The van der Waals surface area contributed by atoms with E-state index in [1.54, 1.807) is 0 Å². The van der Waals surface area contributed by atoms with Crippen LogP contribution in [-0.4, -0.2) is 9.55 Å². The molecule has 3 nitrogen and oxygen atoms in total. The van der Waals surface area contributed by atoms with Crippen molar-refractivity contribution in [2.45, 2.75) is 18.9 Å². The lowest BCUT2D eigenvalue weighted by atomic mass is 9.82. The molecule has 3 heteroatoms. The van der Waals surface area contributed by atoms with Crippen LogP contribution in [0.4, 0.5) is 0 Å². The molecule has 0 amide bonds. The van der Waals surface area contributed by atoms with E-state index in [-0.39, 0.29) is 0 Å². The molecule has 0 saturated heterocycles. The number of rotatable bonds is 4. The van der Waals surface area contributed by atoms with Crippen molar-refractivity contribution in [2.75, 3.05) is 0 Å². The normalized spacial score (nSPS) is 15.4. The van der Waals surface area contributed by atoms with Crippen LogP contribution in [0.15, 0.2) is 140 Å². The average molecular weight is 529 g/mol. The maximum atomic E-state index is 6.12. The summed E-state index contributed by atoms with van der Waals surface area (Å²) in [5.74, 6) is 2.16. The van der Waals surface area contributed by atoms with Gasteiger partial charge in [-0.05, 0) is 75.7 Å². The van der Waals surface area contributed by atoms with Crippen molar-refractivity contribution < 1.29 is 4.74 Å². The van der Waals surface area contributed by atoms with Crippen molar-refractivity contribution >= 4 is 11.0 Å². The molecule has 2 heterocycles. The highest BCUT2D eigenvalue weighted by Gasteiger charge is 2.22. The molecule has 1 aliphatic carbocycles. The van der Waals surface area contributed by atoms with Gasteiger partial charge < -0.3 is 4.74 Å². The Morgan fingerprint density at radius 1 is 0.683 bits per heavy atom. The number of fused-ring (bicyclic) bond motifs is 5. The smallest absolute Gasteiger partial charge is 0.152 e. The van der Waals surface area contributed by atoms with Crippen molar-refractivity contribution in [3.63, 3.8) is 0 Å². The summed E-state index contributed by atoms with van der Waals surface area (Å²) in [4.78, 5) is 4.83. The largest absolute Gasteiger partial charge is 0.483 e. The first kappa shape index (κ1) is 23.7. The fourth-order valence-corrected chi connectivity index (χ4v) is 6.30. The zero-order valence-corrected chi connectivity index (χ0v) is 22.6. The molecule has 0 radical (unpaired) electrons. The molecule has 0 spiro atoms. The minimum absolute atomic E-state index is 0.344. The first-order chi connectivity index (χ1) is 20.3. The molecular weight excluding hydrogens is 500 g/mol. The van der Waals surface area contributed by atoms with Crippen LogP contribution < -0.4 is 4.74 Å². The van der Waals surface area contributed by atoms with E-state index in [1.807, 2.05) is 6.07 Å². The van der Waals surface area contributed by atoms with Gasteiger partial charge in [-0.15, -0.1) is 0 Å². The summed E-state index contributed by atoms with van der Waals surface area (Å²) in [6, 6.07) is 41.3. The highest BCUT2D eigenvalue weighted by Crippen LogP contribution is 2.42. The second kappa shape index (κ2) is 9.79. The van der Waals surface area contributed by atoms with Crippen LogP contribution in [0.3, 0.4) is 0 Å². The van der Waals surface area contributed by atoms with Crippen LogP contribution in [-0.2, 0) is 6.61 Å². The van der Waals surface area contributed by atoms with Gasteiger partial charge in [-0.1, -0.05) is 109 Å². The highest BCUT2D eigenvalue weighted by atomic mass is 16.5. The number of hydrogen-bond donors (Lipinski definition) is 0. The second-order valence-electron chi connectivity index (χ2n) is 10.7. The third kappa shape index (κ3) is 4.09. The summed E-state index contributed by atoms with van der Waals surface area (Å²) in [6.45, 7) is 0.473. The van der Waals surface area contributed by atoms with Crippen molar-refractivity contribution in [2.24, 2.45) is 0 Å². The Kier molecular flexibility index (Phi) is 5.67. The minimum atomic E-state index is 0.344. The summed E-state index contributed by atoms with van der Waals surface area (Å²) in [6.07, 6.45) is 9.92. The van der Waals surface area contributed by atoms with E-state index in [4.69, 9.17) is 9.72 Å². The van der Waals surface area contributed by atoms with Crippen LogP contribution >= 0.6 is 0 Å². The molecular formula is C38H28N2O. The molecule has 0 N–H and O–H groups in total. The first-order valence-corrected chi connectivity index (χ1v) is 14.2. The lowest BCUT2D eigenvalue weighted by molar-refractivity contribution is 0.281. The second-order valence-corrected chi connectivity index (χ2v) is 10.7. The summed E-state index contributed by atoms with van der Waals surface area (Å²) in [5, 5.41) is 0. The third-order valence-electron chi connectivity index (χ3n) is 8.23. The summed E-state index contributed by atoms with van der Waals surface area (Å²) >= 11 is 0. The van der Waals surface area contributed by atoms with Gasteiger partial charge in [0.25, 0.3) is 0 Å². The number of ether oxygens (including phenoxy) is 1. The van der Waals surface area contributed by atoms with Gasteiger partial charge in [-0.25, -0.2) is 4.98 Å². The maximum Gasteiger partial charge on any atom is 0.152 e. The first-order valence-electron chi connectivity index (χ1n) is 14.2. The molecule has 6 aromatic rings. The standard InChI is InChI=1S/C38H28N2O/c1-3-11-26(12-4-1)31-17-10-18-32(27-13-5-2-6-14-27)38(31)30-16-9-15-28(23-30)29-21-22-36-35(24-29)40-34-20-8-7-19-33(34)39-37(40)25-41-36/h1-13,15-24,27H,14,25H2. The molecule has 196 valence electrons. The van der Waals surface area contributed by atoms with Gasteiger partial charge >= 0.3 is 0 Å². The molecule has 1 aliphatic heterocycles. The molecule has 5 aromatic carbocycles. The van der Waals surface area contributed by atoms with E-state index in [0.29, 0.717) is 12.5 Å². The van der Waals surface area contributed by atoms with E-state index in [1.165, 1.54) is 33.4 Å². The summed E-state index contributed by atoms with van der Waals surface area (Å²) < 4.78 is 8.36.